The molecule has 0 aliphatic carbocycles. The largest absolute Gasteiger partial charge is 0.490 e. The van der Waals surface area contributed by atoms with Crippen LogP contribution in [0.2, 0.25) is 0 Å². The predicted octanol–water partition coefficient (Wildman–Crippen LogP) is 2.43. The zero-order valence-electron chi connectivity index (χ0n) is 22.2. The Kier molecular flexibility index (Phi) is 10.8. The summed E-state index contributed by atoms with van der Waals surface area (Å²) in [4.78, 5) is 35.9. The van der Waals surface area contributed by atoms with Crippen LogP contribution in [0.3, 0.4) is 0 Å². The number of carbonyl (C=O) groups excluding carboxylic acids is 2. The molecule has 0 bridgehead atoms. The number of aliphatic carboxylic acids is 1. The molecule has 0 unspecified atom stereocenters. The van der Waals surface area contributed by atoms with Gasteiger partial charge < -0.3 is 34.7 Å². The number of benzene rings is 2. The molecule has 2 aromatic carbocycles. The number of allylic oxidation sites excluding steroid dienone is 1. The lowest BCUT2D eigenvalue weighted by molar-refractivity contribution is -0.140. The van der Waals surface area contributed by atoms with Crippen molar-refractivity contribution in [2.75, 3.05) is 26.4 Å². The first kappa shape index (κ1) is 29.9. The first-order chi connectivity index (χ1) is 19.2. The number of nitrogens with zero attached hydrogens (tertiary/aromatic N) is 1. The van der Waals surface area contributed by atoms with Gasteiger partial charge in [-0.2, -0.15) is 5.10 Å². The van der Waals surface area contributed by atoms with Crippen LogP contribution >= 0.6 is 12.2 Å². The molecule has 212 valence electrons. The topological polar surface area (TPSA) is 157 Å². The molecule has 0 spiro atoms. The highest BCUT2D eigenvalue weighted by Gasteiger charge is 2.32. The SMILES string of the molecule is CCOC(=O)C1=C(C)NC(=S)N[C@H]1c1ccccc1OCC(=O)NN=Cc1ccc(OCC(=O)O)c(OCC)c1. The fourth-order valence-electron chi connectivity index (χ4n) is 3.74. The van der Waals surface area contributed by atoms with E-state index >= 15 is 0 Å². The van der Waals surface area contributed by atoms with E-state index in [-0.39, 0.29) is 19.0 Å². The Hall–Kier alpha value is -4.65. The number of esters is 1. The second-order valence-electron chi connectivity index (χ2n) is 8.23. The summed E-state index contributed by atoms with van der Waals surface area (Å²) in [5, 5.41) is 19.1. The van der Waals surface area contributed by atoms with Gasteiger partial charge in [0.25, 0.3) is 5.91 Å². The van der Waals surface area contributed by atoms with Gasteiger partial charge in [0.15, 0.2) is 29.8 Å². The molecule has 0 radical (unpaired) electrons. The van der Waals surface area contributed by atoms with Crippen molar-refractivity contribution in [2.45, 2.75) is 26.8 Å². The van der Waals surface area contributed by atoms with Gasteiger partial charge in [0.1, 0.15) is 5.75 Å². The number of hydrogen-bond acceptors (Lipinski definition) is 9. The standard InChI is InChI=1S/C27H30N4O8S/c1-4-36-21-12-17(10-11-20(21)39-15-23(33)34)13-28-31-22(32)14-38-19-9-7-6-8-18(19)25-24(26(35)37-5-2)16(3)29-27(40)30-25/h6-13,25H,4-5,14-15H2,1-3H3,(H,31,32)(H,33,34)(H2,29,30,40)/t25-/m0/s1. The molecule has 1 aliphatic heterocycles. The molecule has 1 atom stereocenters. The van der Waals surface area contributed by atoms with E-state index in [0.29, 0.717) is 45.6 Å². The number of hydrazone groups is 1. The Morgan fingerprint density at radius 2 is 1.77 bits per heavy atom. The molecule has 2 aromatic rings. The highest BCUT2D eigenvalue weighted by molar-refractivity contribution is 7.80. The third-order valence-electron chi connectivity index (χ3n) is 5.37. The van der Waals surface area contributed by atoms with E-state index in [0.717, 1.165) is 0 Å². The van der Waals surface area contributed by atoms with Crippen molar-refractivity contribution in [3.8, 4) is 17.2 Å². The van der Waals surface area contributed by atoms with E-state index < -0.39 is 30.5 Å². The van der Waals surface area contributed by atoms with Crippen LogP contribution in [0.25, 0.3) is 0 Å². The minimum absolute atomic E-state index is 0.210. The Morgan fingerprint density at radius 3 is 2.50 bits per heavy atom. The van der Waals surface area contributed by atoms with Gasteiger partial charge in [-0.3, -0.25) is 4.79 Å². The summed E-state index contributed by atoms with van der Waals surface area (Å²) < 4.78 is 21.7. The number of carboxylic acids is 1. The maximum absolute atomic E-state index is 12.7. The summed E-state index contributed by atoms with van der Waals surface area (Å²) in [7, 11) is 0. The van der Waals surface area contributed by atoms with E-state index in [1.54, 1.807) is 63.2 Å². The fourth-order valence-corrected chi connectivity index (χ4v) is 4.01. The van der Waals surface area contributed by atoms with Crippen LogP contribution in [0, 0.1) is 0 Å². The monoisotopic (exact) mass is 570 g/mol. The number of thiocarbonyl (C=S) groups is 1. The second-order valence-corrected chi connectivity index (χ2v) is 8.64. The lowest BCUT2D eigenvalue weighted by Gasteiger charge is -2.30. The van der Waals surface area contributed by atoms with Crippen LogP contribution < -0.4 is 30.3 Å². The summed E-state index contributed by atoms with van der Waals surface area (Å²) in [5.74, 6) is -1.14. The van der Waals surface area contributed by atoms with Gasteiger partial charge in [0.05, 0.1) is 31.0 Å². The molecule has 0 saturated carbocycles. The predicted molar refractivity (Wildman–Crippen MR) is 149 cm³/mol. The van der Waals surface area contributed by atoms with Crippen LogP contribution in [0.15, 0.2) is 58.8 Å². The highest BCUT2D eigenvalue weighted by Crippen LogP contribution is 2.33. The van der Waals surface area contributed by atoms with E-state index in [4.69, 9.17) is 36.3 Å². The third-order valence-corrected chi connectivity index (χ3v) is 5.59. The minimum atomic E-state index is -1.11. The molecule has 13 heteroatoms. The average Bonchev–Trinajstić information content (AvgIpc) is 2.91. The van der Waals surface area contributed by atoms with E-state index in [9.17, 15) is 14.4 Å². The van der Waals surface area contributed by atoms with E-state index in [1.165, 1.54) is 6.21 Å². The molecular weight excluding hydrogens is 540 g/mol. The summed E-state index contributed by atoms with van der Waals surface area (Å²) >= 11 is 5.29. The molecule has 1 heterocycles. The van der Waals surface area contributed by atoms with Crippen molar-refractivity contribution < 1.29 is 38.4 Å². The van der Waals surface area contributed by atoms with Crippen LogP contribution in [-0.4, -0.2) is 60.7 Å². The van der Waals surface area contributed by atoms with Crippen molar-refractivity contribution in [3.05, 3.63) is 64.9 Å². The molecule has 3 rings (SSSR count). The number of ether oxygens (including phenoxy) is 4. The van der Waals surface area contributed by atoms with Crippen LogP contribution in [0.5, 0.6) is 17.2 Å². The highest BCUT2D eigenvalue weighted by atomic mass is 32.1. The Labute approximate surface area is 236 Å². The summed E-state index contributed by atoms with van der Waals surface area (Å²) in [6, 6.07) is 11.1. The van der Waals surface area contributed by atoms with Crippen molar-refractivity contribution in [2.24, 2.45) is 5.10 Å². The number of para-hydroxylation sites is 1. The molecule has 12 nitrogen and oxygen atoms in total. The van der Waals surface area contributed by atoms with Gasteiger partial charge in [-0.15, -0.1) is 0 Å². The summed E-state index contributed by atoms with van der Waals surface area (Å²) in [6.45, 7) is 4.93. The molecule has 1 amide bonds. The van der Waals surface area contributed by atoms with Crippen molar-refractivity contribution in [1.82, 2.24) is 16.1 Å². The number of amides is 1. The number of carbonyl (C=O) groups is 3. The Bertz CT molecular complexity index is 1330. The number of hydrogen-bond donors (Lipinski definition) is 4. The van der Waals surface area contributed by atoms with E-state index in [2.05, 4.69) is 21.2 Å². The Morgan fingerprint density at radius 1 is 1.02 bits per heavy atom. The van der Waals surface area contributed by atoms with Crippen LogP contribution in [-0.2, 0) is 19.1 Å². The molecule has 4 N–H and O–H groups in total. The molecule has 40 heavy (non-hydrogen) atoms. The smallest absolute Gasteiger partial charge is 0.341 e. The van der Waals surface area contributed by atoms with Gasteiger partial charge in [-0.25, -0.2) is 15.0 Å². The third kappa shape index (κ3) is 8.17. The van der Waals surface area contributed by atoms with Gasteiger partial charge in [-0.1, -0.05) is 18.2 Å². The summed E-state index contributed by atoms with van der Waals surface area (Å²) in [6.07, 6.45) is 1.40. The first-order valence-corrected chi connectivity index (χ1v) is 12.7. The zero-order chi connectivity index (χ0) is 29.1. The summed E-state index contributed by atoms with van der Waals surface area (Å²) in [5.41, 5.74) is 4.48. The molecule has 1 aliphatic rings. The average molecular weight is 571 g/mol. The van der Waals surface area contributed by atoms with Gasteiger partial charge in [0, 0.05) is 11.3 Å². The first-order valence-electron chi connectivity index (χ1n) is 12.3. The van der Waals surface area contributed by atoms with Gasteiger partial charge in [-0.05, 0) is 62.8 Å². The number of rotatable bonds is 13. The molecular formula is C27H30N4O8S. The second kappa shape index (κ2) is 14.5. The molecule has 0 aromatic heterocycles. The fraction of sp³-hybridized carbons (Fsp3) is 0.296. The van der Waals surface area contributed by atoms with Crippen molar-refractivity contribution in [1.29, 1.82) is 0 Å². The zero-order valence-corrected chi connectivity index (χ0v) is 23.0. The van der Waals surface area contributed by atoms with Gasteiger partial charge in [0.2, 0.25) is 0 Å². The maximum Gasteiger partial charge on any atom is 0.341 e. The Balaban J connectivity index is 1.67. The van der Waals surface area contributed by atoms with Crippen molar-refractivity contribution in [3.63, 3.8) is 0 Å². The quantitative estimate of drug-likeness (QED) is 0.121. The maximum atomic E-state index is 12.7. The van der Waals surface area contributed by atoms with Crippen LogP contribution in [0.1, 0.15) is 37.9 Å². The lowest BCUT2D eigenvalue weighted by Crippen LogP contribution is -2.45. The molecule has 0 fully saturated rings. The minimum Gasteiger partial charge on any atom is -0.490 e. The number of carboxylic acid groups (broad SMARTS) is 1. The lowest BCUT2D eigenvalue weighted by atomic mass is 9.95. The van der Waals surface area contributed by atoms with E-state index in [1.807, 2.05) is 0 Å². The van der Waals surface area contributed by atoms with Crippen LogP contribution in [0.4, 0.5) is 0 Å². The number of nitrogens with one attached hydrogen (secondary N) is 3. The van der Waals surface area contributed by atoms with Gasteiger partial charge >= 0.3 is 11.9 Å². The molecule has 0 saturated heterocycles. The van der Waals surface area contributed by atoms with Crippen molar-refractivity contribution >= 4 is 41.4 Å². The normalized spacial score (nSPS) is 14.7.